The quantitative estimate of drug-likeness (QED) is 0.383. The first kappa shape index (κ1) is 14.4. The van der Waals surface area contributed by atoms with Crippen molar-refractivity contribution in [3.8, 4) is 11.6 Å². The van der Waals surface area contributed by atoms with Crippen LogP contribution in [0.3, 0.4) is 0 Å². The van der Waals surface area contributed by atoms with Crippen LogP contribution in [0.1, 0.15) is 16.8 Å². The second kappa shape index (κ2) is 5.53. The molecule has 2 aromatic rings. The predicted octanol–water partition coefficient (Wildman–Crippen LogP) is 2.08. The lowest BCUT2D eigenvalue weighted by Gasteiger charge is -2.11. The van der Waals surface area contributed by atoms with E-state index in [2.05, 4.69) is 9.97 Å². The fourth-order valence-corrected chi connectivity index (χ4v) is 1.82. The normalized spacial score (nSPS) is 10.2. The van der Waals surface area contributed by atoms with Crippen molar-refractivity contribution in [2.45, 2.75) is 13.8 Å². The number of benzene rings is 1. The summed E-state index contributed by atoms with van der Waals surface area (Å²) < 4.78 is 5.55. The molecule has 108 valence electrons. The molecule has 8 heteroatoms. The van der Waals surface area contributed by atoms with Crippen molar-refractivity contribution in [1.82, 2.24) is 9.97 Å². The summed E-state index contributed by atoms with van der Waals surface area (Å²) >= 11 is 0. The molecule has 21 heavy (non-hydrogen) atoms. The zero-order valence-electron chi connectivity index (χ0n) is 11.5. The molecule has 8 nitrogen and oxygen atoms in total. The Kier molecular flexibility index (Phi) is 3.79. The average Bonchev–Trinajstić information content (AvgIpc) is 2.41. The lowest BCUT2D eigenvalue weighted by Crippen LogP contribution is -2.15. The predicted molar refractivity (Wildman–Crippen MR) is 75.7 cm³/mol. The lowest BCUT2D eigenvalue weighted by atomic mass is 10.1. The van der Waals surface area contributed by atoms with Gasteiger partial charge in [0.05, 0.1) is 11.0 Å². The molecule has 1 aromatic carbocycles. The number of nitro groups is 1. The molecule has 0 amide bonds. The molecule has 0 bridgehead atoms. The minimum absolute atomic E-state index is 0.0336. The van der Waals surface area contributed by atoms with Crippen molar-refractivity contribution in [3.05, 3.63) is 51.5 Å². The smallest absolute Gasteiger partial charge is 0.276 e. The molecule has 0 radical (unpaired) electrons. The molecular formula is C13H13N5O3. The van der Waals surface area contributed by atoms with Gasteiger partial charge < -0.3 is 10.5 Å². The van der Waals surface area contributed by atoms with E-state index >= 15 is 0 Å². The zero-order valence-corrected chi connectivity index (χ0v) is 11.5. The van der Waals surface area contributed by atoms with E-state index in [9.17, 15) is 10.1 Å². The molecule has 3 N–H and O–H groups in total. The number of nitrogen functional groups attached to an aromatic ring is 1. The van der Waals surface area contributed by atoms with Crippen LogP contribution in [0.4, 0.5) is 5.69 Å². The number of ether oxygens (including phenoxy) is 1. The maximum Gasteiger partial charge on any atom is 0.276 e. The van der Waals surface area contributed by atoms with Crippen LogP contribution >= 0.6 is 0 Å². The maximum absolute atomic E-state index is 11.0. The van der Waals surface area contributed by atoms with E-state index in [0.29, 0.717) is 11.1 Å². The largest absolute Gasteiger partial charge is 0.436 e. The second-order valence-corrected chi connectivity index (χ2v) is 4.39. The molecular weight excluding hydrogens is 274 g/mol. The first-order valence-electron chi connectivity index (χ1n) is 5.99. The molecule has 0 saturated carbocycles. The van der Waals surface area contributed by atoms with Gasteiger partial charge in [0.25, 0.3) is 5.69 Å². The summed E-state index contributed by atoms with van der Waals surface area (Å²) in [5, 5.41) is 18.4. The Morgan fingerprint density at radius 2 is 1.95 bits per heavy atom. The van der Waals surface area contributed by atoms with Crippen molar-refractivity contribution in [2.75, 3.05) is 0 Å². The number of nitro benzene ring substituents is 1. The topological polar surface area (TPSA) is 128 Å². The van der Waals surface area contributed by atoms with Crippen LogP contribution in [0.2, 0.25) is 0 Å². The highest BCUT2D eigenvalue weighted by Gasteiger charge is 2.17. The molecule has 0 spiro atoms. The number of aryl methyl sites for hydroxylation is 2. The minimum Gasteiger partial charge on any atom is -0.436 e. The van der Waals surface area contributed by atoms with Gasteiger partial charge >= 0.3 is 0 Å². The van der Waals surface area contributed by atoms with Crippen LogP contribution in [-0.4, -0.2) is 20.7 Å². The van der Waals surface area contributed by atoms with Crippen LogP contribution < -0.4 is 10.5 Å². The molecule has 0 saturated heterocycles. The number of hydrogen-bond donors (Lipinski definition) is 2. The van der Waals surface area contributed by atoms with Gasteiger partial charge in [-0.25, -0.2) is 9.97 Å². The maximum atomic E-state index is 11.0. The number of nitrogens with one attached hydrogen (secondary N) is 1. The Labute approximate surface area is 120 Å². The van der Waals surface area contributed by atoms with Gasteiger partial charge in [-0.05, 0) is 25.5 Å². The molecule has 0 atom stereocenters. The van der Waals surface area contributed by atoms with E-state index in [1.165, 1.54) is 18.5 Å². The Morgan fingerprint density at radius 1 is 1.29 bits per heavy atom. The zero-order chi connectivity index (χ0) is 15.6. The summed E-state index contributed by atoms with van der Waals surface area (Å²) in [5.41, 5.74) is 6.68. The monoisotopic (exact) mass is 287 g/mol. The number of rotatable bonds is 4. The summed E-state index contributed by atoms with van der Waals surface area (Å²) in [6.07, 6.45) is 2.77. The Hall–Kier alpha value is -3.03. The SMILES string of the molecule is Cc1cc(C)c([N+](=O)[O-])cc1Oc1nccnc1C(=N)N. The van der Waals surface area contributed by atoms with Crippen molar-refractivity contribution < 1.29 is 9.66 Å². The molecule has 1 heterocycles. The average molecular weight is 287 g/mol. The van der Waals surface area contributed by atoms with E-state index in [1.807, 2.05) is 0 Å². The van der Waals surface area contributed by atoms with Gasteiger partial charge in [0.2, 0.25) is 5.88 Å². The van der Waals surface area contributed by atoms with Crippen molar-refractivity contribution >= 4 is 11.5 Å². The van der Waals surface area contributed by atoms with Gasteiger partial charge in [0, 0.05) is 18.0 Å². The number of hydrogen-bond acceptors (Lipinski definition) is 6. The van der Waals surface area contributed by atoms with Crippen LogP contribution in [0.15, 0.2) is 24.5 Å². The first-order valence-corrected chi connectivity index (χ1v) is 5.99. The summed E-state index contributed by atoms with van der Waals surface area (Å²) in [4.78, 5) is 18.4. The third-order valence-corrected chi connectivity index (χ3v) is 2.82. The fourth-order valence-electron chi connectivity index (χ4n) is 1.82. The fraction of sp³-hybridized carbons (Fsp3) is 0.154. The number of aromatic nitrogens is 2. The molecule has 0 aliphatic carbocycles. The van der Waals surface area contributed by atoms with Crippen molar-refractivity contribution in [1.29, 1.82) is 5.41 Å². The molecule has 0 unspecified atom stereocenters. The minimum atomic E-state index is -0.482. The van der Waals surface area contributed by atoms with E-state index in [4.69, 9.17) is 15.9 Å². The molecule has 0 aliphatic rings. The Balaban J connectivity index is 2.47. The van der Waals surface area contributed by atoms with E-state index < -0.39 is 4.92 Å². The van der Waals surface area contributed by atoms with Gasteiger partial charge in [-0.2, -0.15) is 0 Å². The summed E-state index contributed by atoms with van der Waals surface area (Å²) in [6, 6.07) is 2.97. The lowest BCUT2D eigenvalue weighted by molar-refractivity contribution is -0.385. The molecule has 2 rings (SSSR count). The van der Waals surface area contributed by atoms with Crippen molar-refractivity contribution in [2.24, 2.45) is 5.73 Å². The molecule has 0 fully saturated rings. The van der Waals surface area contributed by atoms with E-state index in [-0.39, 0.29) is 28.8 Å². The summed E-state index contributed by atoms with van der Waals surface area (Å²) in [5.74, 6) is 0.0129. The highest BCUT2D eigenvalue weighted by atomic mass is 16.6. The number of amidine groups is 1. The highest BCUT2D eigenvalue weighted by Crippen LogP contribution is 2.31. The van der Waals surface area contributed by atoms with Crippen LogP contribution in [0, 0.1) is 29.4 Å². The van der Waals surface area contributed by atoms with Gasteiger partial charge in [0.15, 0.2) is 5.69 Å². The first-order chi connectivity index (χ1) is 9.90. The van der Waals surface area contributed by atoms with Crippen LogP contribution in [0.25, 0.3) is 0 Å². The third kappa shape index (κ3) is 2.94. The van der Waals surface area contributed by atoms with Crippen molar-refractivity contribution in [3.63, 3.8) is 0 Å². The third-order valence-electron chi connectivity index (χ3n) is 2.82. The second-order valence-electron chi connectivity index (χ2n) is 4.39. The van der Waals surface area contributed by atoms with E-state index in [1.54, 1.807) is 19.9 Å². The Morgan fingerprint density at radius 3 is 2.57 bits per heavy atom. The molecule has 1 aromatic heterocycles. The summed E-state index contributed by atoms with van der Waals surface area (Å²) in [6.45, 7) is 3.41. The van der Waals surface area contributed by atoms with E-state index in [0.717, 1.165) is 0 Å². The molecule has 0 aliphatic heterocycles. The number of nitrogens with zero attached hydrogens (tertiary/aromatic N) is 3. The Bertz CT molecular complexity index is 730. The standard InChI is InChI=1S/C13H13N5O3/c1-7-5-8(2)10(6-9(7)18(19)20)21-13-11(12(14)15)16-3-4-17-13/h3-6H,1-2H3,(H3,14,15). The number of nitrogens with two attached hydrogens (primary N) is 1. The van der Waals surface area contributed by atoms with Gasteiger partial charge in [0.1, 0.15) is 11.6 Å². The van der Waals surface area contributed by atoms with Crippen LogP contribution in [0.5, 0.6) is 11.6 Å². The highest BCUT2D eigenvalue weighted by molar-refractivity contribution is 5.95. The van der Waals surface area contributed by atoms with Crippen LogP contribution in [-0.2, 0) is 0 Å². The van der Waals surface area contributed by atoms with Gasteiger partial charge in [-0.15, -0.1) is 0 Å². The van der Waals surface area contributed by atoms with Gasteiger partial charge in [-0.1, -0.05) is 0 Å². The van der Waals surface area contributed by atoms with Gasteiger partial charge in [-0.3, -0.25) is 15.5 Å². The summed E-state index contributed by atoms with van der Waals surface area (Å²) in [7, 11) is 0.